The summed E-state index contributed by atoms with van der Waals surface area (Å²) in [6, 6.07) is 11.7. The summed E-state index contributed by atoms with van der Waals surface area (Å²) in [6.45, 7) is 0.789. The Hall–Kier alpha value is -3.18. The van der Waals surface area contributed by atoms with Crippen molar-refractivity contribution in [3.8, 4) is 11.4 Å². The maximum absolute atomic E-state index is 13.4. The molecule has 1 N–H and O–H groups in total. The second-order valence-corrected chi connectivity index (χ2v) is 8.40. The normalized spacial score (nSPS) is 15.4. The highest BCUT2D eigenvalue weighted by Gasteiger charge is 2.30. The first-order chi connectivity index (χ1) is 13.9. The van der Waals surface area contributed by atoms with Crippen molar-refractivity contribution in [3.05, 3.63) is 59.9 Å². The number of nitrogens with zero attached hydrogens (tertiary/aromatic N) is 5. The molecule has 0 bridgehead atoms. The van der Waals surface area contributed by atoms with Crippen molar-refractivity contribution in [1.29, 1.82) is 0 Å². The molecule has 1 aromatic heterocycles. The third kappa shape index (κ3) is 3.87. The van der Waals surface area contributed by atoms with Crippen LogP contribution in [0.2, 0.25) is 0 Å². The van der Waals surface area contributed by atoms with E-state index in [1.165, 1.54) is 22.5 Å². The Morgan fingerprint density at radius 3 is 2.38 bits per heavy atom. The summed E-state index contributed by atoms with van der Waals surface area (Å²) in [5.74, 6) is -0.364. The van der Waals surface area contributed by atoms with Gasteiger partial charge in [0.25, 0.3) is 5.91 Å². The Balaban J connectivity index is 1.42. The molecule has 0 aliphatic carbocycles. The number of halogens is 1. The summed E-state index contributed by atoms with van der Waals surface area (Å²) >= 11 is 0. The highest BCUT2D eigenvalue weighted by Crippen LogP contribution is 2.20. The van der Waals surface area contributed by atoms with Gasteiger partial charge in [-0.05, 0) is 35.5 Å². The smallest absolute Gasteiger partial charge is 0.253 e. The van der Waals surface area contributed by atoms with E-state index in [9.17, 15) is 17.6 Å². The lowest BCUT2D eigenvalue weighted by Crippen LogP contribution is -2.50. The van der Waals surface area contributed by atoms with Gasteiger partial charge in [-0.1, -0.05) is 18.2 Å². The third-order valence-corrected chi connectivity index (χ3v) is 6.59. The molecule has 0 radical (unpaired) electrons. The topological polar surface area (TPSA) is 112 Å². The third-order valence-electron chi connectivity index (χ3n) is 4.70. The van der Waals surface area contributed by atoms with Crippen molar-refractivity contribution < 1.29 is 17.6 Å². The van der Waals surface area contributed by atoms with Crippen LogP contribution in [0, 0.1) is 5.82 Å². The molecule has 150 valence electrons. The summed E-state index contributed by atoms with van der Waals surface area (Å²) in [6.07, 6.45) is 0. The fourth-order valence-electron chi connectivity index (χ4n) is 3.14. The highest BCUT2D eigenvalue weighted by atomic mass is 32.2. The summed E-state index contributed by atoms with van der Waals surface area (Å²) in [4.78, 5) is 14.2. The maximum atomic E-state index is 13.4. The lowest BCUT2D eigenvalue weighted by atomic mass is 10.1. The van der Waals surface area contributed by atoms with Crippen LogP contribution in [0.25, 0.3) is 11.4 Å². The molecule has 29 heavy (non-hydrogen) atoms. The average Bonchev–Trinajstić information content (AvgIpc) is 3.28. The zero-order valence-corrected chi connectivity index (χ0v) is 16.0. The van der Waals surface area contributed by atoms with Crippen molar-refractivity contribution in [3.63, 3.8) is 0 Å². The van der Waals surface area contributed by atoms with Crippen LogP contribution in [-0.2, 0) is 10.0 Å². The molecule has 11 heteroatoms. The monoisotopic (exact) mass is 416 g/mol. The molecule has 9 nitrogen and oxygen atoms in total. The van der Waals surface area contributed by atoms with E-state index >= 15 is 0 Å². The first-order valence-corrected chi connectivity index (χ1v) is 10.3. The van der Waals surface area contributed by atoms with Crippen LogP contribution in [-0.4, -0.2) is 70.3 Å². The lowest BCUT2D eigenvalue weighted by molar-refractivity contribution is 0.0698. The van der Waals surface area contributed by atoms with Crippen molar-refractivity contribution in [2.75, 3.05) is 26.2 Å². The number of hydrogen-bond donors (Lipinski definition) is 1. The summed E-state index contributed by atoms with van der Waals surface area (Å²) in [7, 11) is -3.80. The Labute approximate surface area is 166 Å². The van der Waals surface area contributed by atoms with Gasteiger partial charge < -0.3 is 4.90 Å². The van der Waals surface area contributed by atoms with Crippen molar-refractivity contribution in [2.24, 2.45) is 0 Å². The average molecular weight is 416 g/mol. The molecule has 0 unspecified atom stereocenters. The van der Waals surface area contributed by atoms with E-state index in [1.807, 2.05) is 0 Å². The molecule has 1 saturated heterocycles. The zero-order chi connectivity index (χ0) is 20.4. The van der Waals surface area contributed by atoms with Crippen molar-refractivity contribution >= 4 is 15.9 Å². The van der Waals surface area contributed by atoms with Gasteiger partial charge in [0, 0.05) is 37.3 Å². The number of rotatable bonds is 4. The van der Waals surface area contributed by atoms with E-state index in [2.05, 4.69) is 20.6 Å². The Kier molecular flexibility index (Phi) is 5.07. The fourth-order valence-corrected chi connectivity index (χ4v) is 4.59. The summed E-state index contributed by atoms with van der Waals surface area (Å²) in [5, 5.41) is 13.6. The Bertz CT molecular complexity index is 1110. The number of hydrogen-bond acceptors (Lipinski definition) is 6. The predicted octanol–water partition coefficient (Wildman–Crippen LogP) is 1.15. The number of carbonyl (C=O) groups excluding carboxylic acids is 1. The molecule has 0 saturated carbocycles. The molecule has 1 fully saturated rings. The van der Waals surface area contributed by atoms with Crippen LogP contribution in [0.4, 0.5) is 4.39 Å². The first-order valence-electron chi connectivity index (χ1n) is 8.84. The minimum atomic E-state index is -3.80. The quantitative estimate of drug-likeness (QED) is 0.683. The van der Waals surface area contributed by atoms with Gasteiger partial charge in [-0.25, -0.2) is 12.8 Å². The van der Waals surface area contributed by atoms with E-state index in [0.717, 1.165) is 11.6 Å². The van der Waals surface area contributed by atoms with Gasteiger partial charge >= 0.3 is 0 Å². The van der Waals surface area contributed by atoms with Gasteiger partial charge in [-0.15, -0.1) is 10.2 Å². The molecular formula is C18H17FN6O3S. The van der Waals surface area contributed by atoms with Gasteiger partial charge in [0.1, 0.15) is 5.82 Å². The number of amides is 1. The summed E-state index contributed by atoms with van der Waals surface area (Å²) in [5.41, 5.74) is 1.21. The largest absolute Gasteiger partial charge is 0.336 e. The lowest BCUT2D eigenvalue weighted by Gasteiger charge is -2.34. The first kappa shape index (κ1) is 19.2. The van der Waals surface area contributed by atoms with Gasteiger partial charge in [0.15, 0.2) is 0 Å². The predicted molar refractivity (Wildman–Crippen MR) is 101 cm³/mol. The molecule has 1 amide bonds. The SMILES string of the molecule is O=C(c1ccc(-c2nn[nH]n2)cc1)N1CCN(S(=O)(=O)c2cccc(F)c2)CC1. The molecule has 4 rings (SSSR count). The van der Waals surface area contributed by atoms with Crippen LogP contribution < -0.4 is 0 Å². The molecular weight excluding hydrogens is 399 g/mol. The standard InChI is InChI=1S/C18H17FN6O3S/c19-15-2-1-3-16(12-15)29(27,28)25-10-8-24(9-11-25)18(26)14-6-4-13(5-7-14)17-20-22-23-21-17/h1-7,12H,8-11H2,(H,20,21,22,23). The van der Waals surface area contributed by atoms with E-state index in [-0.39, 0.29) is 37.0 Å². The number of sulfonamides is 1. The minimum Gasteiger partial charge on any atom is -0.336 e. The fraction of sp³-hybridized carbons (Fsp3) is 0.222. The second kappa shape index (κ2) is 7.68. The zero-order valence-electron chi connectivity index (χ0n) is 15.2. The molecule has 0 atom stereocenters. The number of nitrogens with one attached hydrogen (secondary N) is 1. The molecule has 3 aromatic rings. The van der Waals surface area contributed by atoms with Gasteiger partial charge in [-0.2, -0.15) is 9.52 Å². The molecule has 0 spiro atoms. The van der Waals surface area contributed by atoms with Crippen LogP contribution >= 0.6 is 0 Å². The number of benzene rings is 2. The number of tetrazole rings is 1. The van der Waals surface area contributed by atoms with Gasteiger partial charge in [-0.3, -0.25) is 4.79 Å². The van der Waals surface area contributed by atoms with Crippen LogP contribution in [0.15, 0.2) is 53.4 Å². The molecule has 1 aliphatic rings. The molecule has 2 aromatic carbocycles. The Morgan fingerprint density at radius 2 is 1.76 bits per heavy atom. The number of aromatic nitrogens is 4. The van der Waals surface area contributed by atoms with Gasteiger partial charge in [0.2, 0.25) is 15.8 Å². The van der Waals surface area contributed by atoms with Crippen LogP contribution in [0.3, 0.4) is 0 Å². The summed E-state index contributed by atoms with van der Waals surface area (Å²) < 4.78 is 40.0. The number of H-pyrrole nitrogens is 1. The highest BCUT2D eigenvalue weighted by molar-refractivity contribution is 7.89. The van der Waals surface area contributed by atoms with Crippen LogP contribution in [0.5, 0.6) is 0 Å². The maximum Gasteiger partial charge on any atom is 0.253 e. The molecule has 1 aliphatic heterocycles. The number of piperazine rings is 1. The van der Waals surface area contributed by atoms with E-state index < -0.39 is 15.8 Å². The second-order valence-electron chi connectivity index (χ2n) is 6.47. The molecule has 2 heterocycles. The van der Waals surface area contributed by atoms with E-state index in [4.69, 9.17) is 0 Å². The van der Waals surface area contributed by atoms with E-state index in [0.29, 0.717) is 11.4 Å². The van der Waals surface area contributed by atoms with Crippen molar-refractivity contribution in [2.45, 2.75) is 4.90 Å². The van der Waals surface area contributed by atoms with Crippen LogP contribution in [0.1, 0.15) is 10.4 Å². The number of aromatic amines is 1. The Morgan fingerprint density at radius 1 is 1.03 bits per heavy atom. The van der Waals surface area contributed by atoms with E-state index in [1.54, 1.807) is 29.2 Å². The van der Waals surface area contributed by atoms with Gasteiger partial charge in [0.05, 0.1) is 4.90 Å². The van der Waals surface area contributed by atoms with Crippen molar-refractivity contribution in [1.82, 2.24) is 29.8 Å². The minimum absolute atomic E-state index is 0.0886. The number of carbonyl (C=O) groups is 1.